The van der Waals surface area contributed by atoms with Gasteiger partial charge in [0.05, 0.1) is 11.3 Å². The zero-order valence-corrected chi connectivity index (χ0v) is 17.0. The predicted molar refractivity (Wildman–Crippen MR) is 112 cm³/mol. The Hall–Kier alpha value is -2.95. The Bertz CT molecular complexity index is 982. The average molecular weight is 392 g/mol. The van der Waals surface area contributed by atoms with E-state index < -0.39 is 0 Å². The lowest BCUT2D eigenvalue weighted by molar-refractivity contribution is -0.120. The number of likely N-dealkylation sites (tertiary alicyclic amines) is 1. The third-order valence-corrected chi connectivity index (χ3v) is 5.76. The van der Waals surface area contributed by atoms with Gasteiger partial charge in [-0.25, -0.2) is 9.29 Å². The lowest BCUT2D eigenvalue weighted by atomic mass is 9.97. The summed E-state index contributed by atoms with van der Waals surface area (Å²) in [6, 6.07) is 11.5. The van der Waals surface area contributed by atoms with Crippen LogP contribution in [0.3, 0.4) is 0 Å². The third kappa shape index (κ3) is 3.57. The van der Waals surface area contributed by atoms with E-state index in [1.165, 1.54) is 17.0 Å². The topological polar surface area (TPSA) is 40.6 Å². The highest BCUT2D eigenvalue weighted by Gasteiger charge is 2.43. The first-order valence-electron chi connectivity index (χ1n) is 10.1. The van der Waals surface area contributed by atoms with Crippen molar-refractivity contribution in [3.05, 3.63) is 70.7 Å². The van der Waals surface area contributed by atoms with Crippen LogP contribution in [0.4, 0.5) is 10.1 Å². The van der Waals surface area contributed by atoms with Crippen LogP contribution in [0.25, 0.3) is 5.57 Å². The molecule has 4 nitrogen and oxygen atoms in total. The van der Waals surface area contributed by atoms with Crippen molar-refractivity contribution in [1.29, 1.82) is 0 Å². The molecule has 2 aliphatic heterocycles. The number of imide groups is 1. The lowest BCUT2D eigenvalue weighted by Crippen LogP contribution is -2.38. The molecule has 2 heterocycles. The van der Waals surface area contributed by atoms with Crippen LogP contribution >= 0.6 is 0 Å². The number of nitrogens with zero attached hydrogens (tertiary/aromatic N) is 2. The van der Waals surface area contributed by atoms with Crippen LogP contribution in [0, 0.1) is 25.6 Å². The fourth-order valence-electron chi connectivity index (χ4n) is 4.23. The molecule has 5 heteroatoms. The van der Waals surface area contributed by atoms with Crippen LogP contribution < -0.4 is 4.90 Å². The Morgan fingerprint density at radius 1 is 0.897 bits per heavy atom. The van der Waals surface area contributed by atoms with Crippen molar-refractivity contribution >= 4 is 23.1 Å². The normalized spacial score (nSPS) is 18.2. The molecule has 1 saturated heterocycles. The van der Waals surface area contributed by atoms with Gasteiger partial charge >= 0.3 is 0 Å². The van der Waals surface area contributed by atoms with E-state index >= 15 is 0 Å². The number of anilines is 1. The molecule has 0 N–H and O–H groups in total. The van der Waals surface area contributed by atoms with Gasteiger partial charge in [0.2, 0.25) is 0 Å². The Morgan fingerprint density at radius 2 is 1.48 bits per heavy atom. The Balaban J connectivity index is 1.82. The SMILES string of the molecule is Cc1cc(C)cc(N2C(=O)C(c3ccc(F)cc3)=C(N3CCC(C)CC3)C2=O)c1. The lowest BCUT2D eigenvalue weighted by Gasteiger charge is -2.32. The number of piperidine rings is 1. The number of carbonyl (C=O) groups is 2. The zero-order chi connectivity index (χ0) is 20.7. The van der Waals surface area contributed by atoms with Gasteiger partial charge in [-0.15, -0.1) is 0 Å². The molecule has 4 rings (SSSR count). The third-order valence-electron chi connectivity index (χ3n) is 5.76. The second-order valence-corrected chi connectivity index (χ2v) is 8.19. The van der Waals surface area contributed by atoms with E-state index in [4.69, 9.17) is 0 Å². The summed E-state index contributed by atoms with van der Waals surface area (Å²) in [6.45, 7) is 7.57. The number of rotatable bonds is 3. The highest BCUT2D eigenvalue weighted by Crippen LogP contribution is 2.36. The first-order valence-corrected chi connectivity index (χ1v) is 10.1. The molecular formula is C24H25FN2O2. The predicted octanol–water partition coefficient (Wildman–Crippen LogP) is 4.46. The van der Waals surface area contributed by atoms with Crippen molar-refractivity contribution in [3.63, 3.8) is 0 Å². The minimum atomic E-state index is -0.370. The largest absolute Gasteiger partial charge is 0.366 e. The number of carbonyl (C=O) groups excluding carboxylic acids is 2. The van der Waals surface area contributed by atoms with E-state index in [0.29, 0.717) is 28.4 Å². The fourth-order valence-corrected chi connectivity index (χ4v) is 4.23. The highest BCUT2D eigenvalue weighted by molar-refractivity contribution is 6.45. The molecule has 2 aromatic rings. The minimum absolute atomic E-state index is 0.297. The van der Waals surface area contributed by atoms with E-state index in [1.807, 2.05) is 36.9 Å². The van der Waals surface area contributed by atoms with E-state index in [0.717, 1.165) is 37.1 Å². The molecule has 0 aliphatic carbocycles. The van der Waals surface area contributed by atoms with Crippen LogP contribution in [0.2, 0.25) is 0 Å². The van der Waals surface area contributed by atoms with Gasteiger partial charge in [-0.05, 0) is 73.6 Å². The van der Waals surface area contributed by atoms with E-state index in [9.17, 15) is 14.0 Å². The second-order valence-electron chi connectivity index (χ2n) is 8.19. The van der Waals surface area contributed by atoms with Crippen molar-refractivity contribution < 1.29 is 14.0 Å². The van der Waals surface area contributed by atoms with Crippen molar-refractivity contribution in [2.45, 2.75) is 33.6 Å². The van der Waals surface area contributed by atoms with Crippen LogP contribution in [-0.4, -0.2) is 29.8 Å². The van der Waals surface area contributed by atoms with Crippen LogP contribution in [0.5, 0.6) is 0 Å². The molecule has 0 unspecified atom stereocenters. The zero-order valence-electron chi connectivity index (χ0n) is 17.0. The van der Waals surface area contributed by atoms with Crippen LogP contribution in [-0.2, 0) is 9.59 Å². The molecule has 2 amide bonds. The molecule has 0 radical (unpaired) electrons. The summed E-state index contributed by atoms with van der Waals surface area (Å²) in [4.78, 5) is 30.3. The number of benzene rings is 2. The maximum absolute atomic E-state index is 13.5. The van der Waals surface area contributed by atoms with E-state index in [2.05, 4.69) is 6.92 Å². The maximum atomic E-state index is 13.5. The molecule has 0 aromatic heterocycles. The Kier molecular flexibility index (Phi) is 4.99. The monoisotopic (exact) mass is 392 g/mol. The van der Waals surface area contributed by atoms with Crippen molar-refractivity contribution in [1.82, 2.24) is 4.90 Å². The molecule has 1 fully saturated rings. The first-order chi connectivity index (χ1) is 13.8. The maximum Gasteiger partial charge on any atom is 0.282 e. The summed E-state index contributed by atoms with van der Waals surface area (Å²) in [7, 11) is 0. The Labute approximate surface area is 170 Å². The number of amides is 2. The summed E-state index contributed by atoms with van der Waals surface area (Å²) in [6.07, 6.45) is 1.95. The second kappa shape index (κ2) is 7.47. The van der Waals surface area contributed by atoms with Crippen LogP contribution in [0.1, 0.15) is 36.5 Å². The quantitative estimate of drug-likeness (QED) is 0.724. The molecule has 0 bridgehead atoms. The molecule has 0 atom stereocenters. The first kappa shape index (κ1) is 19.4. The van der Waals surface area contributed by atoms with Gasteiger partial charge in [-0.2, -0.15) is 0 Å². The molecule has 0 saturated carbocycles. The summed E-state index contributed by atoms with van der Waals surface area (Å²) in [5, 5.41) is 0. The minimum Gasteiger partial charge on any atom is -0.366 e. The van der Waals surface area contributed by atoms with Gasteiger partial charge in [0.25, 0.3) is 11.8 Å². The van der Waals surface area contributed by atoms with Crippen molar-refractivity contribution in [2.75, 3.05) is 18.0 Å². The summed E-state index contributed by atoms with van der Waals surface area (Å²) < 4.78 is 13.5. The fraction of sp³-hybridized carbons (Fsp3) is 0.333. The highest BCUT2D eigenvalue weighted by atomic mass is 19.1. The molecule has 0 spiro atoms. The van der Waals surface area contributed by atoms with Gasteiger partial charge in [0, 0.05) is 13.1 Å². The average Bonchev–Trinajstić information content (AvgIpc) is 2.93. The number of aryl methyl sites for hydroxylation is 2. The summed E-state index contributed by atoms with van der Waals surface area (Å²) in [5.41, 5.74) is 3.94. The molecular weight excluding hydrogens is 367 g/mol. The van der Waals surface area contributed by atoms with Gasteiger partial charge < -0.3 is 4.90 Å². The van der Waals surface area contributed by atoms with Gasteiger partial charge in [-0.3, -0.25) is 9.59 Å². The number of hydrogen-bond acceptors (Lipinski definition) is 3. The Morgan fingerprint density at radius 3 is 2.07 bits per heavy atom. The molecule has 2 aliphatic rings. The van der Waals surface area contributed by atoms with Crippen LogP contribution in [0.15, 0.2) is 48.2 Å². The van der Waals surface area contributed by atoms with Gasteiger partial charge in [0.1, 0.15) is 11.5 Å². The summed E-state index contributed by atoms with van der Waals surface area (Å²) in [5.74, 6) is -0.413. The van der Waals surface area contributed by atoms with E-state index in [1.54, 1.807) is 12.1 Å². The molecule has 2 aromatic carbocycles. The summed E-state index contributed by atoms with van der Waals surface area (Å²) >= 11 is 0. The van der Waals surface area contributed by atoms with Gasteiger partial charge in [-0.1, -0.05) is 25.1 Å². The molecule has 150 valence electrons. The molecule has 29 heavy (non-hydrogen) atoms. The number of hydrogen-bond donors (Lipinski definition) is 0. The standard InChI is InChI=1S/C24H25FN2O2/c1-15-8-10-26(11-9-15)22-21(18-4-6-19(25)7-5-18)23(28)27(24(22)29)20-13-16(2)12-17(3)14-20/h4-7,12-15H,8-11H2,1-3H3. The van der Waals surface area contributed by atoms with Gasteiger partial charge in [0.15, 0.2) is 0 Å². The van der Waals surface area contributed by atoms with Crippen molar-refractivity contribution in [2.24, 2.45) is 5.92 Å². The number of halogens is 1. The van der Waals surface area contributed by atoms with E-state index in [-0.39, 0.29) is 17.6 Å². The van der Waals surface area contributed by atoms with Crippen molar-refractivity contribution in [3.8, 4) is 0 Å². The smallest absolute Gasteiger partial charge is 0.282 e.